The van der Waals surface area contributed by atoms with Gasteiger partial charge >= 0.3 is 0 Å². The third kappa shape index (κ3) is 1.93. The molecule has 0 atom stereocenters. The van der Waals surface area contributed by atoms with E-state index in [9.17, 15) is 0 Å². The minimum atomic E-state index is 0.369. The Hall–Kier alpha value is -2.69. The van der Waals surface area contributed by atoms with E-state index in [1.165, 1.54) is 6.33 Å². The van der Waals surface area contributed by atoms with Crippen LogP contribution in [0.3, 0.4) is 0 Å². The summed E-state index contributed by atoms with van der Waals surface area (Å²) in [5.41, 5.74) is 6.37. The third-order valence-electron chi connectivity index (χ3n) is 2.47. The largest absolute Gasteiger partial charge is 0.437 e. The maximum atomic E-state index is 5.68. The van der Waals surface area contributed by atoms with Crippen LogP contribution in [0.5, 0.6) is 11.6 Å². The molecule has 0 unspecified atom stereocenters. The Morgan fingerprint density at radius 1 is 1.00 bits per heavy atom. The number of pyridine rings is 1. The van der Waals surface area contributed by atoms with E-state index in [0.29, 0.717) is 17.4 Å². The summed E-state index contributed by atoms with van der Waals surface area (Å²) in [5.74, 6) is 1.42. The quantitative estimate of drug-likeness (QED) is 0.742. The van der Waals surface area contributed by atoms with E-state index in [1.54, 1.807) is 12.3 Å². The zero-order chi connectivity index (χ0) is 12.4. The molecule has 5 nitrogen and oxygen atoms in total. The molecule has 2 heterocycles. The number of hydrogen-bond donors (Lipinski definition) is 1. The van der Waals surface area contributed by atoms with E-state index in [-0.39, 0.29) is 0 Å². The standard InChI is InChI=1S/C13H10N4O/c14-11-7-12(17-8-16-11)18-10-5-1-3-9-4-2-6-15-13(9)10/h1-8H,(H2,14,16,17). The van der Waals surface area contributed by atoms with Crippen molar-refractivity contribution < 1.29 is 4.74 Å². The lowest BCUT2D eigenvalue weighted by Gasteiger charge is -2.07. The Labute approximate surface area is 103 Å². The molecular weight excluding hydrogens is 228 g/mol. The number of para-hydroxylation sites is 1. The summed E-state index contributed by atoms with van der Waals surface area (Å²) in [6.07, 6.45) is 3.09. The molecular formula is C13H10N4O. The number of nitrogen functional groups attached to an aromatic ring is 1. The molecule has 0 spiro atoms. The zero-order valence-corrected chi connectivity index (χ0v) is 9.45. The van der Waals surface area contributed by atoms with Gasteiger partial charge in [-0.1, -0.05) is 18.2 Å². The van der Waals surface area contributed by atoms with Crippen molar-refractivity contribution in [3.8, 4) is 11.6 Å². The predicted octanol–water partition coefficient (Wildman–Crippen LogP) is 2.40. The maximum absolute atomic E-state index is 5.68. The highest BCUT2D eigenvalue weighted by atomic mass is 16.5. The van der Waals surface area contributed by atoms with Gasteiger partial charge in [0, 0.05) is 17.6 Å². The molecule has 0 fully saturated rings. The fourth-order valence-corrected chi connectivity index (χ4v) is 1.68. The second-order valence-electron chi connectivity index (χ2n) is 3.71. The zero-order valence-electron chi connectivity index (χ0n) is 9.45. The summed E-state index contributed by atoms with van der Waals surface area (Å²) in [6.45, 7) is 0. The molecule has 0 aliphatic heterocycles. The van der Waals surface area contributed by atoms with Gasteiger partial charge in [-0.25, -0.2) is 9.97 Å². The second-order valence-corrected chi connectivity index (χ2v) is 3.71. The summed E-state index contributed by atoms with van der Waals surface area (Å²) in [4.78, 5) is 12.1. The number of aromatic nitrogens is 3. The molecule has 0 saturated carbocycles. The van der Waals surface area contributed by atoms with Crippen molar-refractivity contribution in [2.45, 2.75) is 0 Å². The normalized spacial score (nSPS) is 10.4. The van der Waals surface area contributed by atoms with Crippen LogP contribution in [0.4, 0.5) is 5.82 Å². The van der Waals surface area contributed by atoms with E-state index in [0.717, 1.165) is 10.9 Å². The Morgan fingerprint density at radius 2 is 1.89 bits per heavy atom. The lowest BCUT2D eigenvalue weighted by Crippen LogP contribution is -1.94. The topological polar surface area (TPSA) is 73.9 Å². The Balaban J connectivity index is 2.05. The number of hydrogen-bond acceptors (Lipinski definition) is 5. The molecule has 0 aliphatic carbocycles. The number of benzene rings is 1. The highest BCUT2D eigenvalue weighted by molar-refractivity contribution is 5.84. The number of anilines is 1. The average Bonchev–Trinajstić information content (AvgIpc) is 2.39. The summed E-state index contributed by atoms with van der Waals surface area (Å²) < 4.78 is 5.68. The van der Waals surface area contributed by atoms with Gasteiger partial charge in [0.1, 0.15) is 17.7 Å². The minimum Gasteiger partial charge on any atom is -0.437 e. The van der Waals surface area contributed by atoms with Crippen molar-refractivity contribution in [3.63, 3.8) is 0 Å². The molecule has 0 saturated heterocycles. The van der Waals surface area contributed by atoms with Gasteiger partial charge in [0.2, 0.25) is 5.88 Å². The molecule has 0 aliphatic rings. The van der Waals surface area contributed by atoms with Crippen LogP contribution in [0.2, 0.25) is 0 Å². The van der Waals surface area contributed by atoms with Gasteiger partial charge in [-0.3, -0.25) is 4.98 Å². The van der Waals surface area contributed by atoms with Crippen molar-refractivity contribution in [2.24, 2.45) is 0 Å². The average molecular weight is 238 g/mol. The molecule has 3 rings (SSSR count). The molecule has 0 amide bonds. The van der Waals surface area contributed by atoms with Crippen LogP contribution < -0.4 is 10.5 Å². The smallest absolute Gasteiger partial charge is 0.224 e. The Bertz CT molecular complexity index is 694. The molecule has 2 N–H and O–H groups in total. The minimum absolute atomic E-state index is 0.369. The fourth-order valence-electron chi connectivity index (χ4n) is 1.68. The van der Waals surface area contributed by atoms with E-state index >= 15 is 0 Å². The maximum Gasteiger partial charge on any atom is 0.224 e. The summed E-state index contributed by atoms with van der Waals surface area (Å²) in [7, 11) is 0. The van der Waals surface area contributed by atoms with Crippen molar-refractivity contribution in [1.29, 1.82) is 0 Å². The number of ether oxygens (including phenoxy) is 1. The number of rotatable bonds is 2. The summed E-state index contributed by atoms with van der Waals surface area (Å²) >= 11 is 0. The van der Waals surface area contributed by atoms with Gasteiger partial charge in [0.25, 0.3) is 0 Å². The second kappa shape index (κ2) is 4.29. The third-order valence-corrected chi connectivity index (χ3v) is 2.47. The molecule has 18 heavy (non-hydrogen) atoms. The van der Waals surface area contributed by atoms with Crippen LogP contribution in [0.1, 0.15) is 0 Å². The van der Waals surface area contributed by atoms with E-state index < -0.39 is 0 Å². The van der Waals surface area contributed by atoms with Crippen LogP contribution in [0.25, 0.3) is 10.9 Å². The molecule has 88 valence electrons. The van der Waals surface area contributed by atoms with Gasteiger partial charge in [0.15, 0.2) is 5.75 Å². The Morgan fingerprint density at radius 3 is 2.78 bits per heavy atom. The molecule has 3 aromatic rings. The van der Waals surface area contributed by atoms with Crippen molar-refractivity contribution in [1.82, 2.24) is 15.0 Å². The van der Waals surface area contributed by atoms with Gasteiger partial charge < -0.3 is 10.5 Å². The molecule has 5 heteroatoms. The van der Waals surface area contributed by atoms with Gasteiger partial charge in [-0.2, -0.15) is 0 Å². The lowest BCUT2D eigenvalue weighted by atomic mass is 10.2. The first kappa shape index (κ1) is 10.5. The van der Waals surface area contributed by atoms with Gasteiger partial charge in [-0.05, 0) is 12.1 Å². The fraction of sp³-hybridized carbons (Fsp3) is 0. The molecule has 1 aromatic carbocycles. The van der Waals surface area contributed by atoms with Gasteiger partial charge in [0.05, 0.1) is 0 Å². The highest BCUT2D eigenvalue weighted by Gasteiger charge is 2.05. The van der Waals surface area contributed by atoms with Crippen LogP contribution in [0, 0.1) is 0 Å². The van der Waals surface area contributed by atoms with Crippen LogP contribution >= 0.6 is 0 Å². The molecule has 0 bridgehead atoms. The number of fused-ring (bicyclic) bond motifs is 1. The predicted molar refractivity (Wildman–Crippen MR) is 68.3 cm³/mol. The number of nitrogens with two attached hydrogens (primary N) is 1. The Kier molecular flexibility index (Phi) is 2.49. The van der Waals surface area contributed by atoms with Crippen molar-refractivity contribution in [2.75, 3.05) is 5.73 Å². The lowest BCUT2D eigenvalue weighted by molar-refractivity contribution is 0.466. The van der Waals surface area contributed by atoms with Crippen molar-refractivity contribution in [3.05, 3.63) is 48.9 Å². The molecule has 2 aromatic heterocycles. The van der Waals surface area contributed by atoms with Crippen molar-refractivity contribution >= 4 is 16.7 Å². The van der Waals surface area contributed by atoms with E-state index in [2.05, 4.69) is 15.0 Å². The van der Waals surface area contributed by atoms with Crippen LogP contribution in [0.15, 0.2) is 48.9 Å². The van der Waals surface area contributed by atoms with Crippen LogP contribution in [-0.2, 0) is 0 Å². The summed E-state index contributed by atoms with van der Waals surface area (Å²) in [6, 6.07) is 11.2. The SMILES string of the molecule is Nc1cc(Oc2cccc3cccnc23)ncn1. The van der Waals surface area contributed by atoms with E-state index in [4.69, 9.17) is 10.5 Å². The first-order valence-electron chi connectivity index (χ1n) is 5.42. The first-order chi connectivity index (χ1) is 8.83. The van der Waals surface area contributed by atoms with E-state index in [1.807, 2.05) is 30.3 Å². The molecule has 0 radical (unpaired) electrons. The first-order valence-corrected chi connectivity index (χ1v) is 5.42. The van der Waals surface area contributed by atoms with Gasteiger partial charge in [-0.15, -0.1) is 0 Å². The monoisotopic (exact) mass is 238 g/mol. The summed E-state index contributed by atoms with van der Waals surface area (Å²) in [5, 5.41) is 1.01. The number of nitrogens with zero attached hydrogens (tertiary/aromatic N) is 3. The highest BCUT2D eigenvalue weighted by Crippen LogP contribution is 2.27. The van der Waals surface area contributed by atoms with Crippen LogP contribution in [-0.4, -0.2) is 15.0 Å².